The van der Waals surface area contributed by atoms with Gasteiger partial charge in [0.2, 0.25) is 0 Å². The highest BCUT2D eigenvalue weighted by molar-refractivity contribution is 9.10. The van der Waals surface area contributed by atoms with Gasteiger partial charge in [-0.3, -0.25) is 4.79 Å². The largest absolute Gasteiger partial charge is 0.348 e. The Balaban J connectivity index is 2.83. The van der Waals surface area contributed by atoms with E-state index in [4.69, 9.17) is 0 Å². The highest BCUT2D eigenvalue weighted by atomic mass is 79.9. The summed E-state index contributed by atoms with van der Waals surface area (Å²) in [7, 11) is 0. The normalized spacial score (nSPS) is 12.8. The fourth-order valence-electron chi connectivity index (χ4n) is 2.04. The first-order valence-electron chi connectivity index (χ1n) is 6.67. The van der Waals surface area contributed by atoms with E-state index in [9.17, 15) is 4.79 Å². The van der Waals surface area contributed by atoms with Crippen molar-refractivity contribution in [1.82, 2.24) is 9.88 Å². The van der Waals surface area contributed by atoms with Crippen molar-refractivity contribution in [2.75, 3.05) is 0 Å². The van der Waals surface area contributed by atoms with E-state index in [1.807, 2.05) is 16.8 Å². The van der Waals surface area contributed by atoms with Crippen LogP contribution in [-0.4, -0.2) is 16.5 Å². The fourth-order valence-corrected chi connectivity index (χ4v) is 2.48. The van der Waals surface area contributed by atoms with Crippen molar-refractivity contribution in [3.05, 3.63) is 22.4 Å². The number of nitrogens with one attached hydrogen (secondary N) is 1. The van der Waals surface area contributed by atoms with Gasteiger partial charge in [0.1, 0.15) is 5.69 Å². The van der Waals surface area contributed by atoms with E-state index in [2.05, 4.69) is 48.9 Å². The molecule has 1 N–H and O–H groups in total. The summed E-state index contributed by atoms with van der Waals surface area (Å²) in [6.07, 6.45) is 5.06. The zero-order chi connectivity index (χ0) is 13.7. The fraction of sp³-hybridized carbons (Fsp3) is 0.643. The number of halogens is 1. The van der Waals surface area contributed by atoms with Crippen LogP contribution in [0.5, 0.6) is 0 Å². The molecule has 1 rings (SSSR count). The maximum atomic E-state index is 12.3. The van der Waals surface area contributed by atoms with Crippen LogP contribution in [0.4, 0.5) is 0 Å². The van der Waals surface area contributed by atoms with E-state index in [0.717, 1.165) is 29.4 Å². The minimum Gasteiger partial charge on any atom is -0.348 e. The Kier molecular flexibility index (Phi) is 5.93. The van der Waals surface area contributed by atoms with Crippen LogP contribution in [0.2, 0.25) is 0 Å². The lowest BCUT2D eigenvalue weighted by Gasteiger charge is -2.18. The molecule has 1 aromatic rings. The van der Waals surface area contributed by atoms with Crippen molar-refractivity contribution >= 4 is 21.8 Å². The Morgan fingerprint density at radius 2 is 2.11 bits per heavy atom. The summed E-state index contributed by atoms with van der Waals surface area (Å²) in [6, 6.07) is 2.44. The van der Waals surface area contributed by atoms with Crippen molar-refractivity contribution in [3.63, 3.8) is 0 Å². The summed E-state index contributed by atoms with van der Waals surface area (Å²) in [6.45, 7) is 8.40. The predicted octanol–water partition coefficient (Wildman–Crippen LogP) is 4.14. The molecule has 18 heavy (non-hydrogen) atoms. The van der Waals surface area contributed by atoms with Crippen LogP contribution in [0.3, 0.4) is 0 Å². The number of nitrogens with zero attached hydrogens (tertiary/aromatic N) is 1. The van der Waals surface area contributed by atoms with Gasteiger partial charge in [-0.25, -0.2) is 0 Å². The van der Waals surface area contributed by atoms with Crippen molar-refractivity contribution in [1.29, 1.82) is 0 Å². The summed E-state index contributed by atoms with van der Waals surface area (Å²) in [5.74, 6) is 0.0229. The first kappa shape index (κ1) is 15.3. The van der Waals surface area contributed by atoms with Gasteiger partial charge in [0, 0.05) is 22.8 Å². The minimum absolute atomic E-state index is 0.0229. The Bertz CT molecular complexity index is 398. The molecule has 0 aliphatic rings. The number of carbonyl (C=O) groups is 1. The summed E-state index contributed by atoms with van der Waals surface area (Å²) in [4.78, 5) is 12.3. The molecule has 0 saturated carbocycles. The van der Waals surface area contributed by atoms with E-state index < -0.39 is 0 Å². The molecular formula is C14H23BrN2O. The number of carbonyl (C=O) groups excluding carboxylic acids is 1. The molecule has 0 bridgehead atoms. The molecule has 1 heterocycles. The van der Waals surface area contributed by atoms with Crippen LogP contribution in [0.1, 0.15) is 63.5 Å². The molecule has 0 spiro atoms. The van der Waals surface area contributed by atoms with Crippen molar-refractivity contribution < 1.29 is 4.79 Å². The van der Waals surface area contributed by atoms with Gasteiger partial charge >= 0.3 is 0 Å². The van der Waals surface area contributed by atoms with Gasteiger partial charge in [-0.1, -0.05) is 20.3 Å². The maximum Gasteiger partial charge on any atom is 0.268 e. The molecule has 0 saturated heterocycles. The van der Waals surface area contributed by atoms with Crippen LogP contribution < -0.4 is 5.32 Å². The first-order chi connectivity index (χ1) is 8.49. The molecule has 0 fully saturated rings. The van der Waals surface area contributed by atoms with Gasteiger partial charge in [-0.05, 0) is 48.7 Å². The topological polar surface area (TPSA) is 34.0 Å². The standard InChI is InChI=1S/C14H23BrN2O/c1-5-7-12(6-2)16-14(18)13-8-11(15)9-17(13)10(3)4/h8-10,12H,5-7H2,1-4H3,(H,16,18). The Morgan fingerprint density at radius 1 is 1.44 bits per heavy atom. The zero-order valence-electron chi connectivity index (χ0n) is 11.7. The maximum absolute atomic E-state index is 12.3. The van der Waals surface area contributed by atoms with Crippen LogP contribution in [-0.2, 0) is 0 Å². The molecule has 3 nitrogen and oxygen atoms in total. The third-order valence-electron chi connectivity index (χ3n) is 3.07. The van der Waals surface area contributed by atoms with Gasteiger partial charge in [-0.15, -0.1) is 0 Å². The second-order valence-corrected chi connectivity index (χ2v) is 5.83. The van der Waals surface area contributed by atoms with E-state index in [-0.39, 0.29) is 18.0 Å². The quantitative estimate of drug-likeness (QED) is 0.841. The van der Waals surface area contributed by atoms with Gasteiger partial charge in [-0.2, -0.15) is 0 Å². The number of rotatable bonds is 6. The van der Waals surface area contributed by atoms with Gasteiger partial charge in [0.15, 0.2) is 0 Å². The number of amides is 1. The molecule has 0 aliphatic carbocycles. The Morgan fingerprint density at radius 3 is 2.61 bits per heavy atom. The summed E-state index contributed by atoms with van der Waals surface area (Å²) in [5.41, 5.74) is 0.728. The molecule has 0 radical (unpaired) electrons. The lowest BCUT2D eigenvalue weighted by Crippen LogP contribution is -2.35. The molecular weight excluding hydrogens is 292 g/mol. The average molecular weight is 315 g/mol. The second-order valence-electron chi connectivity index (χ2n) is 4.91. The van der Waals surface area contributed by atoms with Crippen LogP contribution in [0.25, 0.3) is 0 Å². The van der Waals surface area contributed by atoms with E-state index in [0.29, 0.717) is 0 Å². The van der Waals surface area contributed by atoms with Crippen molar-refractivity contribution in [2.45, 2.75) is 59.0 Å². The van der Waals surface area contributed by atoms with Crippen LogP contribution in [0, 0.1) is 0 Å². The summed E-state index contributed by atoms with van der Waals surface area (Å²) < 4.78 is 2.95. The van der Waals surface area contributed by atoms with Crippen LogP contribution in [0.15, 0.2) is 16.7 Å². The van der Waals surface area contributed by atoms with Crippen molar-refractivity contribution in [3.8, 4) is 0 Å². The van der Waals surface area contributed by atoms with Crippen molar-refractivity contribution in [2.24, 2.45) is 0 Å². The third-order valence-corrected chi connectivity index (χ3v) is 3.50. The zero-order valence-corrected chi connectivity index (χ0v) is 13.3. The lowest BCUT2D eigenvalue weighted by atomic mass is 10.1. The first-order valence-corrected chi connectivity index (χ1v) is 7.47. The average Bonchev–Trinajstić information content (AvgIpc) is 2.71. The van der Waals surface area contributed by atoms with Gasteiger partial charge in [0.25, 0.3) is 5.91 Å². The molecule has 1 atom stereocenters. The number of hydrogen-bond acceptors (Lipinski definition) is 1. The predicted molar refractivity (Wildman–Crippen MR) is 79.0 cm³/mol. The highest BCUT2D eigenvalue weighted by Gasteiger charge is 2.17. The second kappa shape index (κ2) is 6.98. The molecule has 1 unspecified atom stereocenters. The molecule has 0 aliphatic heterocycles. The van der Waals surface area contributed by atoms with E-state index in [1.165, 1.54) is 0 Å². The molecule has 1 amide bonds. The van der Waals surface area contributed by atoms with Crippen LogP contribution >= 0.6 is 15.9 Å². The third kappa shape index (κ3) is 3.87. The monoisotopic (exact) mass is 314 g/mol. The number of hydrogen-bond donors (Lipinski definition) is 1. The Labute approximate surface area is 118 Å². The van der Waals surface area contributed by atoms with E-state index >= 15 is 0 Å². The van der Waals surface area contributed by atoms with E-state index in [1.54, 1.807) is 0 Å². The summed E-state index contributed by atoms with van der Waals surface area (Å²) in [5, 5.41) is 3.11. The molecule has 102 valence electrons. The Hall–Kier alpha value is -0.770. The lowest BCUT2D eigenvalue weighted by molar-refractivity contribution is 0.0923. The summed E-state index contributed by atoms with van der Waals surface area (Å²) >= 11 is 3.43. The van der Waals surface area contributed by atoms with Gasteiger partial charge < -0.3 is 9.88 Å². The van der Waals surface area contributed by atoms with Gasteiger partial charge in [0.05, 0.1) is 0 Å². The minimum atomic E-state index is 0.0229. The molecule has 4 heteroatoms. The SMILES string of the molecule is CCCC(CC)NC(=O)c1cc(Br)cn1C(C)C. The molecule has 0 aromatic carbocycles. The molecule has 1 aromatic heterocycles. The smallest absolute Gasteiger partial charge is 0.268 e. The number of aromatic nitrogens is 1. The highest BCUT2D eigenvalue weighted by Crippen LogP contribution is 2.19.